The first-order valence-electron chi connectivity index (χ1n) is 7.42. The first kappa shape index (κ1) is 17.2. The molecule has 122 valence electrons. The molecule has 0 aromatic heterocycles. The summed E-state index contributed by atoms with van der Waals surface area (Å²) in [7, 11) is 3.28. The Balaban J connectivity index is 2.00. The number of hydrogen-bond donors (Lipinski definition) is 2. The molecule has 1 aliphatic heterocycles. The second kappa shape index (κ2) is 7.94. The van der Waals surface area contributed by atoms with Crippen LogP contribution in [-0.2, 0) is 16.1 Å². The van der Waals surface area contributed by atoms with E-state index in [2.05, 4.69) is 26.6 Å². The Labute approximate surface area is 139 Å². The topological polar surface area (TPSA) is 59.6 Å². The van der Waals surface area contributed by atoms with Crippen LogP contribution in [0, 0.1) is 5.41 Å². The van der Waals surface area contributed by atoms with Crippen molar-refractivity contribution in [3.05, 3.63) is 28.2 Å². The van der Waals surface area contributed by atoms with Crippen molar-refractivity contribution < 1.29 is 14.3 Å². The fourth-order valence-corrected chi connectivity index (χ4v) is 3.40. The highest BCUT2D eigenvalue weighted by Gasteiger charge is 2.39. The van der Waals surface area contributed by atoms with Gasteiger partial charge in [-0.25, -0.2) is 0 Å². The number of amides is 1. The molecule has 2 rings (SSSR count). The Morgan fingerprint density at radius 1 is 1.36 bits per heavy atom. The molecule has 0 spiro atoms. The van der Waals surface area contributed by atoms with Crippen molar-refractivity contribution in [1.82, 2.24) is 10.6 Å². The van der Waals surface area contributed by atoms with Crippen LogP contribution in [0.2, 0.25) is 0 Å². The maximum absolute atomic E-state index is 12.6. The summed E-state index contributed by atoms with van der Waals surface area (Å²) in [5.74, 6) is 0.854. The number of carbonyl (C=O) groups excluding carboxylic acids is 1. The van der Waals surface area contributed by atoms with E-state index in [9.17, 15) is 4.79 Å². The number of nitrogens with one attached hydrogen (secondary N) is 2. The first-order valence-corrected chi connectivity index (χ1v) is 8.21. The minimum absolute atomic E-state index is 0.0720. The van der Waals surface area contributed by atoms with Crippen molar-refractivity contribution in [2.45, 2.75) is 19.4 Å². The van der Waals surface area contributed by atoms with Gasteiger partial charge in [-0.2, -0.15) is 0 Å². The Morgan fingerprint density at radius 3 is 2.68 bits per heavy atom. The van der Waals surface area contributed by atoms with Crippen molar-refractivity contribution in [3.63, 3.8) is 0 Å². The van der Waals surface area contributed by atoms with Gasteiger partial charge in [-0.05, 0) is 59.6 Å². The number of ether oxygens (including phenoxy) is 2. The highest BCUT2D eigenvalue weighted by atomic mass is 79.9. The van der Waals surface area contributed by atoms with E-state index in [1.807, 2.05) is 18.2 Å². The smallest absolute Gasteiger partial charge is 0.228 e. The average Bonchev–Trinajstić information content (AvgIpc) is 2.54. The van der Waals surface area contributed by atoms with E-state index in [4.69, 9.17) is 9.47 Å². The Hall–Kier alpha value is -1.11. The van der Waals surface area contributed by atoms with Gasteiger partial charge in [0.1, 0.15) is 5.75 Å². The van der Waals surface area contributed by atoms with E-state index in [0.29, 0.717) is 13.2 Å². The number of hydrogen-bond acceptors (Lipinski definition) is 4. The summed E-state index contributed by atoms with van der Waals surface area (Å²) in [4.78, 5) is 12.6. The fourth-order valence-electron chi connectivity index (χ4n) is 2.81. The molecule has 1 aromatic carbocycles. The Kier molecular flexibility index (Phi) is 6.23. The van der Waals surface area contributed by atoms with E-state index >= 15 is 0 Å². The lowest BCUT2D eigenvalue weighted by Crippen LogP contribution is -2.49. The van der Waals surface area contributed by atoms with Gasteiger partial charge in [-0.15, -0.1) is 0 Å². The molecule has 5 nitrogen and oxygen atoms in total. The number of halogens is 1. The highest BCUT2D eigenvalue weighted by molar-refractivity contribution is 9.10. The summed E-state index contributed by atoms with van der Waals surface area (Å²) in [6.45, 7) is 2.67. The predicted octanol–water partition coefficient (Wildman–Crippen LogP) is 2.09. The standard InChI is InChI=1S/C16H23BrN2O3/c1-21-11-16(5-7-18-8-6-16)15(20)19-10-12-3-4-14(22-2)13(17)9-12/h3-4,9,18H,5-8,10-11H2,1-2H3,(H,19,20). The molecule has 1 heterocycles. The summed E-state index contributed by atoms with van der Waals surface area (Å²) in [6.07, 6.45) is 1.61. The molecule has 2 N–H and O–H groups in total. The third-order valence-corrected chi connectivity index (χ3v) is 4.75. The van der Waals surface area contributed by atoms with Gasteiger partial charge in [0.05, 0.1) is 23.6 Å². The molecular formula is C16H23BrN2O3. The van der Waals surface area contributed by atoms with Crippen LogP contribution >= 0.6 is 15.9 Å². The lowest BCUT2D eigenvalue weighted by atomic mass is 9.78. The molecule has 1 amide bonds. The Morgan fingerprint density at radius 2 is 2.09 bits per heavy atom. The van der Waals surface area contributed by atoms with Crippen LogP contribution in [0.25, 0.3) is 0 Å². The molecule has 0 aliphatic carbocycles. The van der Waals surface area contributed by atoms with Crippen LogP contribution in [-0.4, -0.2) is 39.8 Å². The van der Waals surface area contributed by atoms with Gasteiger partial charge in [0.2, 0.25) is 5.91 Å². The third kappa shape index (κ3) is 4.00. The second-order valence-electron chi connectivity index (χ2n) is 5.61. The van der Waals surface area contributed by atoms with Crippen molar-refractivity contribution in [3.8, 4) is 5.75 Å². The Bertz CT molecular complexity index is 511. The number of rotatable bonds is 6. The molecule has 0 saturated carbocycles. The predicted molar refractivity (Wildman–Crippen MR) is 89.0 cm³/mol. The van der Waals surface area contributed by atoms with Crippen LogP contribution in [0.4, 0.5) is 0 Å². The molecule has 0 radical (unpaired) electrons. The lowest BCUT2D eigenvalue weighted by Gasteiger charge is -2.35. The van der Waals surface area contributed by atoms with Gasteiger partial charge in [0, 0.05) is 13.7 Å². The largest absolute Gasteiger partial charge is 0.496 e. The number of methoxy groups -OCH3 is 2. The molecule has 0 bridgehead atoms. The average molecular weight is 371 g/mol. The summed E-state index contributed by atoms with van der Waals surface area (Å²) in [6, 6.07) is 5.81. The van der Waals surface area contributed by atoms with Gasteiger partial charge in [0.15, 0.2) is 0 Å². The minimum Gasteiger partial charge on any atom is -0.496 e. The maximum atomic E-state index is 12.6. The van der Waals surface area contributed by atoms with Crippen LogP contribution in [0.5, 0.6) is 5.75 Å². The number of piperidine rings is 1. The van der Waals surface area contributed by atoms with E-state index in [1.165, 1.54) is 0 Å². The monoisotopic (exact) mass is 370 g/mol. The minimum atomic E-state index is -0.413. The summed E-state index contributed by atoms with van der Waals surface area (Å²) >= 11 is 3.46. The molecule has 1 saturated heterocycles. The normalized spacial score (nSPS) is 17.0. The fraction of sp³-hybridized carbons (Fsp3) is 0.562. The zero-order valence-corrected chi connectivity index (χ0v) is 14.7. The quantitative estimate of drug-likeness (QED) is 0.804. The zero-order valence-electron chi connectivity index (χ0n) is 13.1. The second-order valence-corrected chi connectivity index (χ2v) is 6.47. The van der Waals surface area contributed by atoms with Gasteiger partial charge in [0.25, 0.3) is 0 Å². The van der Waals surface area contributed by atoms with Crippen molar-refractivity contribution in [2.75, 3.05) is 33.9 Å². The number of benzene rings is 1. The summed E-state index contributed by atoms with van der Waals surface area (Å²) in [5.41, 5.74) is 0.617. The lowest BCUT2D eigenvalue weighted by molar-refractivity contribution is -0.136. The van der Waals surface area contributed by atoms with Gasteiger partial charge in [-0.1, -0.05) is 6.07 Å². The highest BCUT2D eigenvalue weighted by Crippen LogP contribution is 2.30. The van der Waals surface area contributed by atoms with Gasteiger partial charge < -0.3 is 20.1 Å². The van der Waals surface area contributed by atoms with Gasteiger partial charge >= 0.3 is 0 Å². The molecule has 22 heavy (non-hydrogen) atoms. The summed E-state index contributed by atoms with van der Waals surface area (Å²) in [5, 5.41) is 6.34. The van der Waals surface area contributed by atoms with E-state index in [-0.39, 0.29) is 5.91 Å². The van der Waals surface area contributed by atoms with Gasteiger partial charge in [-0.3, -0.25) is 4.79 Å². The van der Waals surface area contributed by atoms with E-state index < -0.39 is 5.41 Å². The SMILES string of the molecule is COCC1(C(=O)NCc2ccc(OC)c(Br)c2)CCNCC1. The van der Waals surface area contributed by atoms with Crippen molar-refractivity contribution >= 4 is 21.8 Å². The van der Waals surface area contributed by atoms with Crippen molar-refractivity contribution in [2.24, 2.45) is 5.41 Å². The third-order valence-electron chi connectivity index (χ3n) is 4.13. The van der Waals surface area contributed by atoms with Crippen LogP contribution < -0.4 is 15.4 Å². The van der Waals surface area contributed by atoms with E-state index in [0.717, 1.165) is 41.7 Å². The first-order chi connectivity index (χ1) is 10.6. The summed E-state index contributed by atoms with van der Waals surface area (Å²) < 4.78 is 11.4. The molecular weight excluding hydrogens is 348 g/mol. The maximum Gasteiger partial charge on any atom is 0.228 e. The van der Waals surface area contributed by atoms with Crippen LogP contribution in [0.1, 0.15) is 18.4 Å². The van der Waals surface area contributed by atoms with Crippen LogP contribution in [0.15, 0.2) is 22.7 Å². The number of carbonyl (C=O) groups is 1. The molecule has 0 unspecified atom stereocenters. The molecule has 1 aromatic rings. The van der Waals surface area contributed by atoms with E-state index in [1.54, 1.807) is 14.2 Å². The van der Waals surface area contributed by atoms with Crippen molar-refractivity contribution in [1.29, 1.82) is 0 Å². The molecule has 1 fully saturated rings. The molecule has 0 atom stereocenters. The molecule has 6 heteroatoms. The zero-order chi connectivity index (χ0) is 16.0. The van der Waals surface area contributed by atoms with Crippen LogP contribution in [0.3, 0.4) is 0 Å². The molecule has 1 aliphatic rings.